The molecule has 1 rings (SSSR count). The van der Waals surface area contributed by atoms with Crippen LogP contribution in [-0.2, 0) is 0 Å². The van der Waals surface area contributed by atoms with Gasteiger partial charge in [-0.25, -0.2) is 4.39 Å². The lowest BCUT2D eigenvalue weighted by atomic mass is 10.3. The predicted octanol–water partition coefficient (Wildman–Crippen LogP) is 1.82. The van der Waals surface area contributed by atoms with Crippen LogP contribution >= 0.6 is 15.9 Å². The van der Waals surface area contributed by atoms with Crippen LogP contribution in [0.15, 0.2) is 21.7 Å². The van der Waals surface area contributed by atoms with E-state index in [1.165, 1.54) is 13.2 Å². The minimum absolute atomic E-state index is 0.215. The third kappa shape index (κ3) is 3.18. The second-order valence-electron chi connectivity index (χ2n) is 3.06. The van der Waals surface area contributed by atoms with E-state index in [1.54, 1.807) is 6.07 Å². The average Bonchev–Trinajstić information content (AvgIpc) is 2.33. The molecule has 0 bridgehead atoms. The number of amidine groups is 1. The summed E-state index contributed by atoms with van der Waals surface area (Å²) in [6, 6.07) is 4.18. The number of nitrogens with zero attached hydrogens (tertiary/aromatic N) is 2. The minimum Gasteiger partial charge on any atom is -0.494 e. The monoisotopic (exact) mass is 313 g/mol. The van der Waals surface area contributed by atoms with Crippen LogP contribution in [0, 0.1) is 22.6 Å². The molecule has 0 aliphatic rings. The van der Waals surface area contributed by atoms with Gasteiger partial charge in [0.2, 0.25) is 5.71 Å². The molecule has 0 atom stereocenters. The van der Waals surface area contributed by atoms with Gasteiger partial charge >= 0.3 is 0 Å². The number of anilines is 1. The Bertz CT molecular complexity index is 552. The van der Waals surface area contributed by atoms with E-state index in [-0.39, 0.29) is 15.9 Å². The topological polar surface area (TPSA) is 107 Å². The van der Waals surface area contributed by atoms with E-state index < -0.39 is 11.7 Å². The highest BCUT2D eigenvalue weighted by atomic mass is 79.9. The number of ether oxygens (including phenoxy) is 1. The number of methoxy groups -OCH3 is 1. The number of rotatable bonds is 4. The first-order chi connectivity index (χ1) is 8.49. The van der Waals surface area contributed by atoms with Gasteiger partial charge in [-0.3, -0.25) is 10.8 Å². The molecule has 0 saturated heterocycles. The summed E-state index contributed by atoms with van der Waals surface area (Å²) in [6.07, 6.45) is 0. The first kappa shape index (κ1) is 13.9. The van der Waals surface area contributed by atoms with Crippen LogP contribution in [0.3, 0.4) is 0 Å². The molecule has 6 nitrogen and oxygen atoms in total. The Balaban J connectivity index is 3.08. The summed E-state index contributed by atoms with van der Waals surface area (Å²) in [4.78, 5) is 0. The van der Waals surface area contributed by atoms with E-state index >= 15 is 0 Å². The van der Waals surface area contributed by atoms with Crippen molar-refractivity contribution in [2.75, 3.05) is 12.5 Å². The molecule has 0 aliphatic heterocycles. The van der Waals surface area contributed by atoms with Crippen LogP contribution in [0.4, 0.5) is 10.1 Å². The largest absolute Gasteiger partial charge is 0.494 e. The summed E-state index contributed by atoms with van der Waals surface area (Å²) < 4.78 is 18.6. The molecule has 4 N–H and O–H groups in total. The number of nitrogens with two attached hydrogens (primary N) is 1. The molecule has 0 radical (unpaired) electrons. The lowest BCUT2D eigenvalue weighted by Crippen LogP contribution is -2.21. The predicted molar refractivity (Wildman–Crippen MR) is 69.2 cm³/mol. The van der Waals surface area contributed by atoms with Gasteiger partial charge in [0.15, 0.2) is 5.84 Å². The van der Waals surface area contributed by atoms with Gasteiger partial charge < -0.3 is 10.5 Å². The molecular formula is C10H9BrFN5O. The summed E-state index contributed by atoms with van der Waals surface area (Å²) in [5.41, 5.74) is 7.45. The van der Waals surface area contributed by atoms with Gasteiger partial charge in [-0.1, -0.05) is 0 Å². The zero-order valence-corrected chi connectivity index (χ0v) is 10.9. The van der Waals surface area contributed by atoms with Gasteiger partial charge in [0.25, 0.3) is 0 Å². The molecule has 0 spiro atoms. The molecule has 0 fully saturated rings. The molecule has 1 aromatic rings. The molecule has 8 heteroatoms. The lowest BCUT2D eigenvalue weighted by Gasteiger charge is -2.09. The fraction of sp³-hybridized carbons (Fsp3) is 0.100. The quantitative estimate of drug-likeness (QED) is 0.447. The summed E-state index contributed by atoms with van der Waals surface area (Å²) in [7, 11) is 1.41. The second-order valence-corrected chi connectivity index (χ2v) is 3.92. The highest BCUT2D eigenvalue weighted by Gasteiger charge is 2.09. The van der Waals surface area contributed by atoms with E-state index in [9.17, 15) is 4.39 Å². The van der Waals surface area contributed by atoms with Crippen molar-refractivity contribution in [3.05, 3.63) is 22.4 Å². The Morgan fingerprint density at radius 2 is 2.33 bits per heavy atom. The maximum atomic E-state index is 13.3. The van der Waals surface area contributed by atoms with Crippen LogP contribution in [0.2, 0.25) is 0 Å². The second kappa shape index (κ2) is 5.97. The normalized spacial score (nSPS) is 10.7. The van der Waals surface area contributed by atoms with Crippen molar-refractivity contribution in [2.45, 2.75) is 0 Å². The van der Waals surface area contributed by atoms with Gasteiger partial charge in [-0.05, 0) is 22.0 Å². The smallest absolute Gasteiger partial charge is 0.201 e. The first-order valence-electron chi connectivity index (χ1n) is 4.60. The Kier molecular flexibility index (Phi) is 4.62. The average molecular weight is 314 g/mol. The third-order valence-electron chi connectivity index (χ3n) is 1.89. The van der Waals surface area contributed by atoms with E-state index in [0.717, 1.165) is 6.07 Å². The van der Waals surface area contributed by atoms with Crippen molar-refractivity contribution in [1.29, 1.82) is 10.7 Å². The molecule has 0 aliphatic carbocycles. The minimum atomic E-state index is -0.519. The zero-order chi connectivity index (χ0) is 13.7. The zero-order valence-electron chi connectivity index (χ0n) is 9.29. The number of hydrogen-bond acceptors (Lipinski definition) is 5. The van der Waals surface area contributed by atoms with Crippen LogP contribution in [-0.4, -0.2) is 18.7 Å². The highest BCUT2D eigenvalue weighted by molar-refractivity contribution is 9.10. The van der Waals surface area contributed by atoms with Gasteiger partial charge in [0.05, 0.1) is 11.6 Å². The molecule has 18 heavy (non-hydrogen) atoms. The maximum Gasteiger partial charge on any atom is 0.201 e. The summed E-state index contributed by atoms with van der Waals surface area (Å²) in [5, 5.41) is 19.3. The molecule has 0 unspecified atom stereocenters. The van der Waals surface area contributed by atoms with Gasteiger partial charge in [0.1, 0.15) is 23.3 Å². The van der Waals surface area contributed by atoms with Crippen molar-refractivity contribution in [2.24, 2.45) is 10.8 Å². The third-order valence-corrected chi connectivity index (χ3v) is 2.50. The lowest BCUT2D eigenvalue weighted by molar-refractivity contribution is 0.415. The van der Waals surface area contributed by atoms with E-state index in [4.69, 9.17) is 21.1 Å². The van der Waals surface area contributed by atoms with E-state index in [0.29, 0.717) is 5.75 Å². The van der Waals surface area contributed by atoms with Crippen molar-refractivity contribution in [3.8, 4) is 11.8 Å². The van der Waals surface area contributed by atoms with Gasteiger partial charge in [-0.15, -0.1) is 0 Å². The fourth-order valence-corrected chi connectivity index (χ4v) is 1.37. The molecule has 1 aromatic carbocycles. The molecule has 0 aromatic heterocycles. The maximum absolute atomic E-state index is 13.3. The van der Waals surface area contributed by atoms with Crippen LogP contribution < -0.4 is 15.9 Å². The highest BCUT2D eigenvalue weighted by Crippen LogP contribution is 2.30. The Hall–Kier alpha value is -2.14. The molecule has 0 saturated carbocycles. The Morgan fingerprint density at radius 3 is 2.83 bits per heavy atom. The number of nitriles is 1. The first-order valence-corrected chi connectivity index (χ1v) is 5.40. The van der Waals surface area contributed by atoms with Crippen molar-refractivity contribution >= 4 is 33.2 Å². The summed E-state index contributed by atoms with van der Waals surface area (Å²) >= 11 is 3.01. The number of benzene rings is 1. The Labute approximate surface area is 111 Å². The van der Waals surface area contributed by atoms with E-state index in [2.05, 4.69) is 26.5 Å². The van der Waals surface area contributed by atoms with Crippen molar-refractivity contribution < 1.29 is 9.13 Å². The van der Waals surface area contributed by atoms with Crippen LogP contribution in [0.25, 0.3) is 0 Å². The molecule has 0 amide bonds. The number of halogens is 2. The van der Waals surface area contributed by atoms with Crippen LogP contribution in [0.5, 0.6) is 5.75 Å². The standard InChI is InChI=1S/C10H9BrFN5O/c1-18-9-2-5(11)6(12)3-7(9)16-17-8(4-13)10(14)15/h2-3,16H,1H3,(H3,14,15)/b17-8+. The molecule has 0 heterocycles. The molecular weight excluding hydrogens is 305 g/mol. The number of nitrogens with one attached hydrogen (secondary N) is 2. The summed E-state index contributed by atoms with van der Waals surface area (Å²) in [6.45, 7) is 0. The number of hydrogen-bond donors (Lipinski definition) is 3. The SMILES string of the molecule is COc1cc(Br)c(F)cc1N/N=C(\C#N)C(=N)N. The van der Waals surface area contributed by atoms with Gasteiger partial charge in [-0.2, -0.15) is 10.4 Å². The van der Waals surface area contributed by atoms with Gasteiger partial charge in [0, 0.05) is 6.07 Å². The Morgan fingerprint density at radius 1 is 1.67 bits per heavy atom. The fourth-order valence-electron chi connectivity index (χ4n) is 1.05. The van der Waals surface area contributed by atoms with Crippen molar-refractivity contribution in [3.63, 3.8) is 0 Å². The van der Waals surface area contributed by atoms with Crippen molar-refractivity contribution in [1.82, 2.24) is 0 Å². The number of hydrazone groups is 1. The van der Waals surface area contributed by atoms with E-state index in [1.807, 2.05) is 0 Å². The summed E-state index contributed by atoms with van der Waals surface area (Å²) in [5.74, 6) is -0.677. The molecule has 94 valence electrons. The van der Waals surface area contributed by atoms with Crippen LogP contribution in [0.1, 0.15) is 0 Å².